The Bertz CT molecular complexity index is 515. The molecule has 0 heterocycles. The molecule has 1 rings (SSSR count). The zero-order valence-electron chi connectivity index (χ0n) is 12.1. The summed E-state index contributed by atoms with van der Waals surface area (Å²) in [5, 5.41) is 0. The van der Waals surface area contributed by atoms with Crippen molar-refractivity contribution >= 4 is 23.5 Å². The van der Waals surface area contributed by atoms with Crippen molar-refractivity contribution in [1.29, 1.82) is 0 Å². The smallest absolute Gasteiger partial charge is 0.404 e. The minimum Gasteiger partial charge on any atom is -0.494 e. The molecule has 21 heavy (non-hydrogen) atoms. The van der Waals surface area contributed by atoms with E-state index in [1.54, 1.807) is 13.0 Å². The van der Waals surface area contributed by atoms with Crippen molar-refractivity contribution in [2.24, 2.45) is 0 Å². The molecule has 0 saturated carbocycles. The SMILES string of the molecule is CCOc1ccc(Br)c(C(F)(F)P(=O)(OCC)OCC)c1. The van der Waals surface area contributed by atoms with Crippen LogP contribution in [0.3, 0.4) is 0 Å². The van der Waals surface area contributed by atoms with Gasteiger partial charge in [-0.2, -0.15) is 8.78 Å². The molecular formula is C13H18BrF2O4P. The molecule has 0 aliphatic carbocycles. The van der Waals surface area contributed by atoms with E-state index in [1.165, 1.54) is 19.9 Å². The van der Waals surface area contributed by atoms with Crippen LogP contribution in [0.5, 0.6) is 5.75 Å². The third kappa shape index (κ3) is 4.03. The van der Waals surface area contributed by atoms with Gasteiger partial charge in [0.05, 0.1) is 25.4 Å². The number of hydrogen-bond donors (Lipinski definition) is 0. The van der Waals surface area contributed by atoms with Gasteiger partial charge in [-0.3, -0.25) is 4.57 Å². The number of halogens is 3. The van der Waals surface area contributed by atoms with Crippen molar-refractivity contribution < 1.29 is 27.1 Å². The van der Waals surface area contributed by atoms with Crippen molar-refractivity contribution in [2.45, 2.75) is 26.4 Å². The minimum absolute atomic E-state index is 0.107. The van der Waals surface area contributed by atoms with Gasteiger partial charge in [-0.05, 0) is 39.0 Å². The van der Waals surface area contributed by atoms with Gasteiger partial charge in [-0.25, -0.2) is 0 Å². The fraction of sp³-hybridized carbons (Fsp3) is 0.538. The summed E-state index contributed by atoms with van der Waals surface area (Å²) in [7, 11) is -4.63. The van der Waals surface area contributed by atoms with Gasteiger partial charge in [-0.1, -0.05) is 15.9 Å². The van der Waals surface area contributed by atoms with Crippen LogP contribution in [0, 0.1) is 0 Å². The second-order valence-corrected chi connectivity index (χ2v) is 6.88. The van der Waals surface area contributed by atoms with Crippen molar-refractivity contribution in [3.63, 3.8) is 0 Å². The monoisotopic (exact) mass is 386 g/mol. The second kappa shape index (κ2) is 7.68. The summed E-state index contributed by atoms with van der Waals surface area (Å²) in [6.45, 7) is 4.75. The topological polar surface area (TPSA) is 44.8 Å². The Hall–Kier alpha value is -0.490. The highest BCUT2D eigenvalue weighted by molar-refractivity contribution is 9.10. The summed E-state index contributed by atoms with van der Waals surface area (Å²) in [4.78, 5) is 0. The second-order valence-electron chi connectivity index (χ2n) is 3.95. The molecule has 0 fully saturated rings. The number of benzene rings is 1. The highest BCUT2D eigenvalue weighted by Gasteiger charge is 2.55. The molecule has 0 aromatic heterocycles. The predicted molar refractivity (Wildman–Crippen MR) is 80.1 cm³/mol. The first-order valence-electron chi connectivity index (χ1n) is 6.52. The lowest BCUT2D eigenvalue weighted by atomic mass is 10.2. The van der Waals surface area contributed by atoms with Gasteiger partial charge in [0, 0.05) is 4.47 Å². The van der Waals surface area contributed by atoms with Gasteiger partial charge >= 0.3 is 13.3 Å². The summed E-state index contributed by atoms with van der Waals surface area (Å²) in [6, 6.07) is 4.09. The molecule has 0 amide bonds. The third-order valence-corrected chi connectivity index (χ3v) is 5.33. The normalized spacial score (nSPS) is 12.5. The lowest BCUT2D eigenvalue weighted by molar-refractivity contribution is 0.0352. The molecule has 4 nitrogen and oxygen atoms in total. The van der Waals surface area contributed by atoms with Crippen molar-refractivity contribution in [2.75, 3.05) is 19.8 Å². The maximum atomic E-state index is 14.7. The summed E-state index contributed by atoms with van der Waals surface area (Å²) in [5.74, 6) is 0.259. The van der Waals surface area contributed by atoms with Crippen LogP contribution >= 0.6 is 23.5 Å². The molecule has 120 valence electrons. The van der Waals surface area contributed by atoms with E-state index in [2.05, 4.69) is 15.9 Å². The summed E-state index contributed by atoms with van der Waals surface area (Å²) in [6.07, 6.45) is 0. The van der Waals surface area contributed by atoms with E-state index in [-0.39, 0.29) is 23.4 Å². The highest BCUT2D eigenvalue weighted by Crippen LogP contribution is 2.67. The maximum Gasteiger partial charge on any atom is 0.404 e. The standard InChI is InChI=1S/C13H18BrF2O4P/c1-4-18-10-7-8-12(14)11(9-10)13(15,16)21(17,19-5-2)20-6-3/h7-9H,4-6H2,1-3H3. The van der Waals surface area contributed by atoms with Crippen LogP contribution in [0.15, 0.2) is 22.7 Å². The molecule has 1 aromatic carbocycles. The molecule has 8 heteroatoms. The minimum atomic E-state index is -4.63. The van der Waals surface area contributed by atoms with Gasteiger partial charge in [0.15, 0.2) is 0 Å². The Balaban J connectivity index is 3.32. The molecule has 1 aromatic rings. The van der Waals surface area contributed by atoms with Gasteiger partial charge in [0.1, 0.15) is 5.75 Å². The van der Waals surface area contributed by atoms with Gasteiger partial charge in [0.25, 0.3) is 0 Å². The number of ether oxygens (including phenoxy) is 1. The number of hydrogen-bond acceptors (Lipinski definition) is 4. The lowest BCUT2D eigenvalue weighted by Gasteiger charge is -2.26. The van der Waals surface area contributed by atoms with Crippen molar-refractivity contribution in [1.82, 2.24) is 0 Å². The Morgan fingerprint density at radius 3 is 2.19 bits per heavy atom. The third-order valence-electron chi connectivity index (χ3n) is 2.51. The molecule has 0 unspecified atom stereocenters. The molecule has 0 radical (unpaired) electrons. The molecule has 0 aliphatic rings. The zero-order chi connectivity index (χ0) is 16.1. The Morgan fingerprint density at radius 1 is 1.14 bits per heavy atom. The fourth-order valence-corrected chi connectivity index (χ4v) is 3.89. The van der Waals surface area contributed by atoms with Gasteiger partial charge in [0.2, 0.25) is 0 Å². The zero-order valence-corrected chi connectivity index (χ0v) is 14.5. The molecule has 0 bridgehead atoms. The van der Waals surface area contributed by atoms with Crippen LogP contribution in [0.25, 0.3) is 0 Å². The van der Waals surface area contributed by atoms with Crippen LogP contribution in [-0.2, 0) is 19.3 Å². The average molecular weight is 387 g/mol. The summed E-state index contributed by atoms with van der Waals surface area (Å²) < 4.78 is 56.6. The highest BCUT2D eigenvalue weighted by atomic mass is 79.9. The molecular weight excluding hydrogens is 369 g/mol. The first-order valence-corrected chi connectivity index (χ1v) is 8.85. The molecule has 0 atom stereocenters. The average Bonchev–Trinajstić information content (AvgIpc) is 2.41. The largest absolute Gasteiger partial charge is 0.494 e. The van der Waals surface area contributed by atoms with Crippen molar-refractivity contribution in [3.05, 3.63) is 28.2 Å². The van der Waals surface area contributed by atoms with Crippen LogP contribution in [0.4, 0.5) is 8.78 Å². The number of rotatable bonds is 8. The van der Waals surface area contributed by atoms with Crippen LogP contribution in [-0.4, -0.2) is 19.8 Å². The van der Waals surface area contributed by atoms with E-state index in [0.717, 1.165) is 6.07 Å². The Kier molecular flexibility index (Phi) is 6.78. The maximum absolute atomic E-state index is 14.7. The molecule has 0 spiro atoms. The number of alkyl halides is 2. The first-order chi connectivity index (χ1) is 9.82. The van der Waals surface area contributed by atoms with Gasteiger partial charge in [-0.15, -0.1) is 0 Å². The molecule has 0 saturated heterocycles. The molecule has 0 N–H and O–H groups in total. The fourth-order valence-electron chi connectivity index (χ4n) is 1.68. The first kappa shape index (κ1) is 18.6. The van der Waals surface area contributed by atoms with Gasteiger partial charge < -0.3 is 13.8 Å². The summed E-state index contributed by atoms with van der Waals surface area (Å²) in [5.41, 5.74) is -4.27. The van der Waals surface area contributed by atoms with Crippen LogP contribution < -0.4 is 4.74 Å². The van der Waals surface area contributed by atoms with E-state index in [4.69, 9.17) is 13.8 Å². The summed E-state index contributed by atoms with van der Waals surface area (Å²) >= 11 is 3.04. The van der Waals surface area contributed by atoms with E-state index in [1.807, 2.05) is 0 Å². The molecule has 0 aliphatic heterocycles. The van der Waals surface area contributed by atoms with Crippen LogP contribution in [0.2, 0.25) is 0 Å². The van der Waals surface area contributed by atoms with Crippen LogP contribution in [0.1, 0.15) is 26.3 Å². The quantitative estimate of drug-likeness (QED) is 0.578. The van der Waals surface area contributed by atoms with E-state index < -0.39 is 18.8 Å². The van der Waals surface area contributed by atoms with E-state index in [9.17, 15) is 13.3 Å². The van der Waals surface area contributed by atoms with E-state index >= 15 is 0 Å². The predicted octanol–water partition coefficient (Wildman–Crippen LogP) is 5.16. The Labute approximate surface area is 131 Å². The van der Waals surface area contributed by atoms with Crippen molar-refractivity contribution in [3.8, 4) is 5.75 Å². The van der Waals surface area contributed by atoms with E-state index in [0.29, 0.717) is 6.61 Å². The lowest BCUT2D eigenvalue weighted by Crippen LogP contribution is -2.19. The Morgan fingerprint density at radius 2 is 1.71 bits per heavy atom.